The minimum Gasteiger partial charge on any atom is -0.495 e. The molecule has 1 aliphatic heterocycles. The number of ether oxygens (including phenoxy) is 3. The van der Waals surface area contributed by atoms with Gasteiger partial charge in [-0.15, -0.1) is 0 Å². The lowest BCUT2D eigenvalue weighted by Gasteiger charge is -2.37. The first-order valence-corrected chi connectivity index (χ1v) is 6.37. The van der Waals surface area contributed by atoms with Crippen molar-refractivity contribution < 1.29 is 14.2 Å². The van der Waals surface area contributed by atoms with Gasteiger partial charge in [-0.1, -0.05) is 0 Å². The number of fused-ring (bicyclic) bond motifs is 1. The predicted octanol–water partition coefficient (Wildman–Crippen LogP) is 1.82. The second kappa shape index (κ2) is 5.67. The van der Waals surface area contributed by atoms with Gasteiger partial charge in [0.25, 0.3) is 0 Å². The van der Waals surface area contributed by atoms with Crippen LogP contribution in [0.2, 0.25) is 0 Å². The third kappa shape index (κ3) is 2.35. The number of nitrogen functional groups attached to an aromatic ring is 1. The lowest BCUT2D eigenvalue weighted by Crippen LogP contribution is -2.34. The van der Waals surface area contributed by atoms with Crippen molar-refractivity contribution >= 4 is 11.4 Å². The molecule has 1 heterocycles. The third-order valence-corrected chi connectivity index (χ3v) is 3.79. The minimum atomic E-state index is -0.290. The zero-order valence-electron chi connectivity index (χ0n) is 12.0. The topological polar surface area (TPSA) is 57.0 Å². The Morgan fingerprint density at radius 2 is 1.95 bits per heavy atom. The van der Waals surface area contributed by atoms with Crippen LogP contribution in [0.1, 0.15) is 17.9 Å². The van der Waals surface area contributed by atoms with Gasteiger partial charge in [0.2, 0.25) is 0 Å². The number of methoxy groups -OCH3 is 3. The highest BCUT2D eigenvalue weighted by Gasteiger charge is 2.33. The van der Waals surface area contributed by atoms with Gasteiger partial charge >= 0.3 is 0 Å². The molecule has 0 saturated heterocycles. The van der Waals surface area contributed by atoms with Crippen LogP contribution in [0.15, 0.2) is 12.1 Å². The van der Waals surface area contributed by atoms with Crippen molar-refractivity contribution in [3.63, 3.8) is 0 Å². The van der Waals surface area contributed by atoms with Crippen molar-refractivity contribution in [1.82, 2.24) is 0 Å². The lowest BCUT2D eigenvalue weighted by atomic mass is 9.87. The van der Waals surface area contributed by atoms with E-state index < -0.39 is 0 Å². The number of hydrogen-bond acceptors (Lipinski definition) is 5. The summed E-state index contributed by atoms with van der Waals surface area (Å²) < 4.78 is 16.2. The fraction of sp³-hybridized carbons (Fsp3) is 0.571. The van der Waals surface area contributed by atoms with Crippen molar-refractivity contribution in [2.24, 2.45) is 0 Å². The molecule has 1 aliphatic rings. The van der Waals surface area contributed by atoms with Crippen molar-refractivity contribution in [2.45, 2.75) is 18.6 Å². The number of nitrogens with two attached hydrogens (primary N) is 1. The highest BCUT2D eigenvalue weighted by atomic mass is 16.7. The van der Waals surface area contributed by atoms with Crippen molar-refractivity contribution in [3.05, 3.63) is 17.7 Å². The lowest BCUT2D eigenvalue weighted by molar-refractivity contribution is -0.119. The molecule has 1 unspecified atom stereocenters. The van der Waals surface area contributed by atoms with Crippen LogP contribution in [0.3, 0.4) is 0 Å². The first kappa shape index (κ1) is 14.0. The van der Waals surface area contributed by atoms with Gasteiger partial charge in [-0.05, 0) is 18.6 Å². The molecular weight excluding hydrogens is 244 g/mol. The summed E-state index contributed by atoms with van der Waals surface area (Å²) in [5, 5.41) is 0. The van der Waals surface area contributed by atoms with Gasteiger partial charge in [-0.25, -0.2) is 0 Å². The van der Waals surface area contributed by atoms with E-state index in [9.17, 15) is 0 Å². The van der Waals surface area contributed by atoms with Crippen LogP contribution >= 0.6 is 0 Å². The van der Waals surface area contributed by atoms with Gasteiger partial charge < -0.3 is 24.8 Å². The van der Waals surface area contributed by atoms with Crippen LogP contribution in [0, 0.1) is 0 Å². The molecule has 0 bridgehead atoms. The molecule has 5 nitrogen and oxygen atoms in total. The molecular formula is C14H22N2O3. The maximum atomic E-state index is 6.25. The highest BCUT2D eigenvalue weighted by Crippen LogP contribution is 2.44. The number of hydrogen-bond donors (Lipinski definition) is 1. The van der Waals surface area contributed by atoms with E-state index in [1.165, 1.54) is 0 Å². The molecule has 0 radical (unpaired) electrons. The summed E-state index contributed by atoms with van der Waals surface area (Å²) in [6.45, 7) is 0.951. The van der Waals surface area contributed by atoms with E-state index in [0.717, 1.165) is 24.2 Å². The fourth-order valence-electron chi connectivity index (χ4n) is 2.80. The summed E-state index contributed by atoms with van der Waals surface area (Å²) >= 11 is 0. The number of nitrogens with zero attached hydrogens (tertiary/aromatic N) is 1. The first-order valence-electron chi connectivity index (χ1n) is 6.37. The molecule has 2 rings (SSSR count). The van der Waals surface area contributed by atoms with E-state index in [4.69, 9.17) is 19.9 Å². The Bertz CT molecular complexity index is 447. The summed E-state index contributed by atoms with van der Waals surface area (Å²) in [4.78, 5) is 2.20. The second-order valence-electron chi connectivity index (χ2n) is 4.77. The summed E-state index contributed by atoms with van der Waals surface area (Å²) in [5.74, 6) is 0.821. The molecule has 2 N–H and O–H groups in total. The second-order valence-corrected chi connectivity index (χ2v) is 4.77. The molecule has 0 spiro atoms. The van der Waals surface area contributed by atoms with Gasteiger partial charge in [-0.3, -0.25) is 0 Å². The Labute approximate surface area is 114 Å². The Kier molecular flexibility index (Phi) is 4.17. The van der Waals surface area contributed by atoms with Crippen LogP contribution in [-0.2, 0) is 9.47 Å². The zero-order chi connectivity index (χ0) is 14.0. The van der Waals surface area contributed by atoms with Gasteiger partial charge in [0, 0.05) is 45.0 Å². The smallest absolute Gasteiger partial charge is 0.163 e. The molecule has 0 saturated carbocycles. The SMILES string of the molecule is COc1ccc2c(c1N)C(C(OC)OC)CCN2C. The van der Waals surface area contributed by atoms with Crippen molar-refractivity contribution in [2.75, 3.05) is 45.6 Å². The molecule has 1 aromatic carbocycles. The molecule has 19 heavy (non-hydrogen) atoms. The van der Waals surface area contributed by atoms with Crippen LogP contribution < -0.4 is 15.4 Å². The van der Waals surface area contributed by atoms with E-state index in [2.05, 4.69) is 11.9 Å². The predicted molar refractivity (Wildman–Crippen MR) is 75.8 cm³/mol. The number of rotatable bonds is 4. The Morgan fingerprint density at radius 3 is 2.53 bits per heavy atom. The molecule has 1 aromatic rings. The van der Waals surface area contributed by atoms with E-state index in [-0.39, 0.29) is 12.2 Å². The third-order valence-electron chi connectivity index (χ3n) is 3.79. The standard InChI is InChI=1S/C14H22N2O3/c1-16-8-7-9(14(18-3)19-4)12-10(16)5-6-11(17-2)13(12)15/h5-6,9,14H,7-8,15H2,1-4H3. The first-order chi connectivity index (χ1) is 9.13. The normalized spacial score (nSPS) is 18.6. The maximum absolute atomic E-state index is 6.25. The molecule has 0 amide bonds. The highest BCUT2D eigenvalue weighted by molar-refractivity contribution is 5.73. The van der Waals surface area contributed by atoms with Crippen molar-refractivity contribution in [1.29, 1.82) is 0 Å². The maximum Gasteiger partial charge on any atom is 0.163 e. The quantitative estimate of drug-likeness (QED) is 0.665. The summed E-state index contributed by atoms with van der Waals surface area (Å²) in [7, 11) is 7.00. The Hall–Kier alpha value is -1.46. The largest absolute Gasteiger partial charge is 0.495 e. The monoisotopic (exact) mass is 266 g/mol. The molecule has 0 fully saturated rings. The zero-order valence-corrected chi connectivity index (χ0v) is 12.0. The minimum absolute atomic E-state index is 0.122. The van der Waals surface area contributed by atoms with Gasteiger partial charge in [0.15, 0.2) is 6.29 Å². The van der Waals surface area contributed by atoms with E-state index in [1.54, 1.807) is 21.3 Å². The summed E-state index contributed by atoms with van der Waals surface area (Å²) in [6.07, 6.45) is 0.648. The molecule has 5 heteroatoms. The van der Waals surface area contributed by atoms with Gasteiger partial charge in [-0.2, -0.15) is 0 Å². The summed E-state index contributed by atoms with van der Waals surface area (Å²) in [5.41, 5.74) is 9.10. The summed E-state index contributed by atoms with van der Waals surface area (Å²) in [6, 6.07) is 3.95. The van der Waals surface area contributed by atoms with Crippen LogP contribution in [0.25, 0.3) is 0 Å². The van der Waals surface area contributed by atoms with E-state index in [0.29, 0.717) is 11.4 Å². The van der Waals surface area contributed by atoms with Crippen molar-refractivity contribution in [3.8, 4) is 5.75 Å². The number of anilines is 2. The molecule has 0 aromatic heterocycles. The van der Waals surface area contributed by atoms with Gasteiger partial charge in [0.05, 0.1) is 12.8 Å². The van der Waals surface area contributed by atoms with Crippen LogP contribution in [0.5, 0.6) is 5.75 Å². The average molecular weight is 266 g/mol. The Morgan fingerprint density at radius 1 is 1.26 bits per heavy atom. The molecule has 0 aliphatic carbocycles. The number of benzene rings is 1. The average Bonchev–Trinajstić information content (AvgIpc) is 2.43. The van der Waals surface area contributed by atoms with E-state index in [1.807, 2.05) is 12.1 Å². The molecule has 1 atom stereocenters. The Balaban J connectivity index is 2.52. The van der Waals surface area contributed by atoms with E-state index >= 15 is 0 Å². The molecule has 106 valence electrons. The van der Waals surface area contributed by atoms with Crippen LogP contribution in [0.4, 0.5) is 11.4 Å². The van der Waals surface area contributed by atoms with Crippen LogP contribution in [-0.4, -0.2) is 41.2 Å². The van der Waals surface area contributed by atoms with Gasteiger partial charge in [0.1, 0.15) is 5.75 Å². The fourth-order valence-corrected chi connectivity index (χ4v) is 2.80.